The summed E-state index contributed by atoms with van der Waals surface area (Å²) in [6.07, 6.45) is 12.1. The maximum Gasteiger partial charge on any atom is 0.163 e. The molecule has 4 unspecified atom stereocenters. The van der Waals surface area contributed by atoms with Crippen LogP contribution in [0.4, 0.5) is 0 Å². The average molecular weight is 549 g/mol. The van der Waals surface area contributed by atoms with Gasteiger partial charge in [-0.25, -0.2) is 0 Å². The van der Waals surface area contributed by atoms with Crippen LogP contribution < -0.4 is 4.74 Å². The lowest BCUT2D eigenvalue weighted by atomic mass is 9.84. The van der Waals surface area contributed by atoms with Gasteiger partial charge in [0.25, 0.3) is 0 Å². The lowest BCUT2D eigenvalue weighted by molar-refractivity contribution is -0.0140. The maximum absolute atomic E-state index is 13.2. The van der Waals surface area contributed by atoms with Crippen molar-refractivity contribution in [1.29, 1.82) is 0 Å². The third-order valence-electron chi connectivity index (χ3n) is 10.7. The van der Waals surface area contributed by atoms with Crippen molar-refractivity contribution in [2.24, 2.45) is 5.92 Å². The molecule has 0 radical (unpaired) electrons. The first-order chi connectivity index (χ1) is 20.2. The molecular weight excluding hydrogens is 504 g/mol. The van der Waals surface area contributed by atoms with Crippen LogP contribution in [0.5, 0.6) is 5.75 Å². The van der Waals surface area contributed by atoms with E-state index in [1.807, 2.05) is 6.07 Å². The number of piperazine rings is 1. The van der Waals surface area contributed by atoms with Gasteiger partial charge in [-0.2, -0.15) is 0 Å². The number of Topliss-reactive ketones (excluding diaryl/α,β-unsaturated/α-hetero) is 1. The number of ketones is 1. The fourth-order valence-corrected chi connectivity index (χ4v) is 8.80. The number of ether oxygens (including phenoxy) is 1. The molecule has 4 aliphatic rings. The number of fused-ring (bicyclic) bond motifs is 6. The van der Waals surface area contributed by atoms with Gasteiger partial charge in [0, 0.05) is 42.7 Å². The van der Waals surface area contributed by atoms with Crippen LogP contribution in [-0.2, 0) is 6.54 Å². The van der Waals surface area contributed by atoms with Gasteiger partial charge >= 0.3 is 0 Å². The Morgan fingerprint density at radius 1 is 0.756 bits per heavy atom. The molecule has 1 saturated carbocycles. The van der Waals surface area contributed by atoms with Crippen molar-refractivity contribution >= 4 is 5.78 Å². The van der Waals surface area contributed by atoms with E-state index >= 15 is 0 Å². The predicted octanol–water partition coefficient (Wildman–Crippen LogP) is 7.82. The topological polar surface area (TPSA) is 32.8 Å². The van der Waals surface area contributed by atoms with Crippen molar-refractivity contribution in [3.63, 3.8) is 0 Å². The zero-order chi connectivity index (χ0) is 27.8. The second-order valence-corrected chi connectivity index (χ2v) is 13.0. The van der Waals surface area contributed by atoms with Crippen LogP contribution in [0.3, 0.4) is 0 Å². The van der Waals surface area contributed by atoms with Gasteiger partial charge in [-0.15, -0.1) is 0 Å². The Bertz CT molecular complexity index is 1310. The van der Waals surface area contributed by atoms with E-state index in [4.69, 9.17) is 4.74 Å². The first-order valence-corrected chi connectivity index (χ1v) is 16.0. The molecule has 4 fully saturated rings. The van der Waals surface area contributed by atoms with E-state index in [2.05, 4.69) is 82.6 Å². The van der Waals surface area contributed by atoms with E-state index in [1.54, 1.807) is 7.11 Å². The van der Waals surface area contributed by atoms with E-state index in [-0.39, 0.29) is 6.04 Å². The quantitative estimate of drug-likeness (QED) is 0.255. The van der Waals surface area contributed by atoms with Crippen molar-refractivity contribution < 1.29 is 9.53 Å². The molecule has 3 saturated heterocycles. The fourth-order valence-electron chi connectivity index (χ4n) is 8.80. The molecule has 4 heteroatoms. The Kier molecular flexibility index (Phi) is 7.71. The number of nitrogens with zero attached hydrogens (tertiary/aromatic N) is 2. The predicted molar refractivity (Wildman–Crippen MR) is 164 cm³/mol. The molecule has 4 nitrogen and oxygen atoms in total. The van der Waals surface area contributed by atoms with E-state index in [1.165, 1.54) is 74.5 Å². The maximum atomic E-state index is 13.2. The van der Waals surface area contributed by atoms with Gasteiger partial charge in [0.05, 0.1) is 13.2 Å². The van der Waals surface area contributed by atoms with Crippen molar-refractivity contribution in [2.75, 3.05) is 7.11 Å². The number of hydrogen-bond donors (Lipinski definition) is 0. The van der Waals surface area contributed by atoms with Crippen LogP contribution in [0, 0.1) is 5.92 Å². The Labute approximate surface area is 245 Å². The summed E-state index contributed by atoms with van der Waals surface area (Å²) in [5.74, 6) is 1.79. The summed E-state index contributed by atoms with van der Waals surface area (Å²) in [5.41, 5.74) is 4.88. The van der Waals surface area contributed by atoms with Gasteiger partial charge in [-0.05, 0) is 60.4 Å². The molecular formula is C37H44N2O2. The summed E-state index contributed by atoms with van der Waals surface area (Å²) in [7, 11) is 1.76. The summed E-state index contributed by atoms with van der Waals surface area (Å²) in [6, 6.07) is 30.8. The van der Waals surface area contributed by atoms with E-state index in [0.717, 1.165) is 17.9 Å². The Hall–Kier alpha value is -2.95. The molecule has 0 spiro atoms. The Morgan fingerprint density at radius 2 is 1.44 bits per heavy atom. The van der Waals surface area contributed by atoms with E-state index in [0.29, 0.717) is 42.3 Å². The largest absolute Gasteiger partial charge is 0.497 e. The average Bonchev–Trinajstić information content (AvgIpc) is 3.53. The van der Waals surface area contributed by atoms with Gasteiger partial charge in [-0.1, -0.05) is 98.8 Å². The molecule has 3 aromatic rings. The lowest BCUT2D eigenvalue weighted by Gasteiger charge is -2.50. The minimum absolute atomic E-state index is 0.159. The minimum Gasteiger partial charge on any atom is -0.497 e. The van der Waals surface area contributed by atoms with Crippen molar-refractivity contribution in [3.05, 3.63) is 101 Å². The summed E-state index contributed by atoms with van der Waals surface area (Å²) < 4.78 is 5.69. The zero-order valence-electron chi connectivity index (χ0n) is 24.5. The van der Waals surface area contributed by atoms with Crippen LogP contribution in [-0.4, -0.2) is 46.9 Å². The molecule has 3 heterocycles. The highest BCUT2D eigenvalue weighted by Crippen LogP contribution is 2.51. The van der Waals surface area contributed by atoms with Crippen LogP contribution in [0.2, 0.25) is 0 Å². The normalized spacial score (nSPS) is 27.1. The molecule has 0 amide bonds. The monoisotopic (exact) mass is 548 g/mol. The van der Waals surface area contributed by atoms with Crippen LogP contribution in [0.1, 0.15) is 97.3 Å². The van der Waals surface area contributed by atoms with Crippen molar-refractivity contribution in [1.82, 2.24) is 9.80 Å². The minimum atomic E-state index is 0.159. The highest BCUT2D eigenvalue weighted by Gasteiger charge is 2.56. The molecule has 41 heavy (non-hydrogen) atoms. The van der Waals surface area contributed by atoms with Gasteiger partial charge in [0.15, 0.2) is 5.78 Å². The molecule has 3 aliphatic heterocycles. The summed E-state index contributed by atoms with van der Waals surface area (Å²) in [6.45, 7) is 1.05. The number of carbonyl (C=O) groups is 1. The van der Waals surface area contributed by atoms with E-state index < -0.39 is 0 Å². The SMILES string of the molecule is COc1cccc(C(c2ccc(C(=O)CC3CCCCC3)cc2)N2C3CCC2[C@H]2CCC3N2Cc2ccccc2)c1. The number of methoxy groups -OCH3 is 1. The highest BCUT2D eigenvalue weighted by atomic mass is 16.5. The second kappa shape index (κ2) is 11.7. The summed E-state index contributed by atoms with van der Waals surface area (Å²) >= 11 is 0. The standard InChI is InChI=1S/C37H44N2O2/c1-41-31-14-8-13-30(24-31)37(29-17-15-28(16-18-29)36(40)23-26-9-4-2-5-10-26)39-34-21-22-35(39)33-20-19-32(34)38(33)25-27-11-6-3-7-12-27/h3,6-8,11-18,24,26,32-35,37H,2,4-5,9-10,19-23,25H2,1H3/t32-,33?,34?,35?,37?/m1/s1. The number of rotatable bonds is 9. The Morgan fingerprint density at radius 3 is 2.12 bits per heavy atom. The first-order valence-electron chi connectivity index (χ1n) is 16.0. The molecule has 0 N–H and O–H groups in total. The van der Waals surface area contributed by atoms with Gasteiger partial charge < -0.3 is 4.74 Å². The third-order valence-corrected chi connectivity index (χ3v) is 10.7. The van der Waals surface area contributed by atoms with Crippen molar-refractivity contribution in [2.45, 2.75) is 101 Å². The van der Waals surface area contributed by atoms with E-state index in [9.17, 15) is 4.79 Å². The molecule has 4 bridgehead atoms. The van der Waals surface area contributed by atoms with Crippen molar-refractivity contribution in [3.8, 4) is 5.75 Å². The number of hydrogen-bond acceptors (Lipinski definition) is 4. The lowest BCUT2D eigenvalue weighted by Crippen LogP contribution is -2.60. The molecule has 1 aliphatic carbocycles. The molecule has 7 rings (SSSR count). The molecule has 3 aromatic carbocycles. The van der Waals surface area contributed by atoms with Gasteiger partial charge in [-0.3, -0.25) is 14.6 Å². The zero-order valence-corrected chi connectivity index (χ0v) is 24.5. The third kappa shape index (κ3) is 5.26. The number of benzene rings is 3. The summed E-state index contributed by atoms with van der Waals surface area (Å²) in [4.78, 5) is 18.9. The first kappa shape index (κ1) is 26.9. The van der Waals surface area contributed by atoms with Crippen LogP contribution in [0.15, 0.2) is 78.9 Å². The smallest absolute Gasteiger partial charge is 0.163 e. The number of carbonyl (C=O) groups excluding carboxylic acids is 1. The van der Waals surface area contributed by atoms with Crippen LogP contribution in [0.25, 0.3) is 0 Å². The van der Waals surface area contributed by atoms with Crippen LogP contribution >= 0.6 is 0 Å². The second-order valence-electron chi connectivity index (χ2n) is 13.0. The highest BCUT2D eigenvalue weighted by molar-refractivity contribution is 5.96. The fraction of sp³-hybridized carbons (Fsp3) is 0.486. The molecule has 0 aromatic heterocycles. The molecule has 5 atom stereocenters. The molecule has 214 valence electrons. The summed E-state index contributed by atoms with van der Waals surface area (Å²) in [5, 5.41) is 0. The van der Waals surface area contributed by atoms with Gasteiger partial charge in [0.2, 0.25) is 0 Å². The Balaban J connectivity index is 1.19. The van der Waals surface area contributed by atoms with Gasteiger partial charge in [0.1, 0.15) is 5.75 Å².